The van der Waals surface area contributed by atoms with E-state index in [1.807, 2.05) is 0 Å². The van der Waals surface area contributed by atoms with Crippen LogP contribution in [0, 0.1) is 5.92 Å². The van der Waals surface area contributed by atoms with Crippen LogP contribution >= 0.6 is 0 Å². The molecule has 0 rings (SSSR count). The van der Waals surface area contributed by atoms with Gasteiger partial charge in [-0.15, -0.1) is 0 Å². The Hall–Kier alpha value is -2.11. The molecule has 0 aromatic heterocycles. The van der Waals surface area contributed by atoms with Gasteiger partial charge in [0.2, 0.25) is 0 Å². The molecule has 0 bridgehead atoms. The molecule has 0 aromatic carbocycles. The molecule has 1 atom stereocenters. The van der Waals surface area contributed by atoms with Crippen LogP contribution in [0.25, 0.3) is 0 Å². The molecule has 6 nitrogen and oxygen atoms in total. The first-order chi connectivity index (χ1) is 11.0. The number of ether oxygens (including phenoxy) is 2. The number of unbranched alkanes of at least 4 members (excludes halogenated alkanes) is 4. The van der Waals surface area contributed by atoms with Gasteiger partial charge in [0.1, 0.15) is 13.2 Å². The summed E-state index contributed by atoms with van der Waals surface area (Å²) in [6.07, 6.45) is 9.08. The van der Waals surface area contributed by atoms with Crippen molar-refractivity contribution >= 4 is 17.9 Å². The van der Waals surface area contributed by atoms with Gasteiger partial charge in [-0.3, -0.25) is 4.79 Å². The molecule has 0 N–H and O–H groups in total. The molecular formula is C17H25O6-. The van der Waals surface area contributed by atoms with E-state index in [0.29, 0.717) is 0 Å². The highest BCUT2D eigenvalue weighted by atomic mass is 16.6. The lowest BCUT2D eigenvalue weighted by Crippen LogP contribution is -2.29. The summed E-state index contributed by atoms with van der Waals surface area (Å²) in [5, 5.41) is 10.7. The second-order valence-electron chi connectivity index (χ2n) is 5.00. The number of carbonyl (C=O) groups excluding carboxylic acids is 3. The summed E-state index contributed by atoms with van der Waals surface area (Å²) < 4.78 is 9.56. The first-order valence-electron chi connectivity index (χ1n) is 7.83. The highest BCUT2D eigenvalue weighted by molar-refractivity contribution is 5.81. The maximum Gasteiger partial charge on any atom is 0.330 e. The van der Waals surface area contributed by atoms with E-state index < -0.39 is 30.2 Å². The Balaban J connectivity index is 4.21. The van der Waals surface area contributed by atoms with Crippen LogP contribution in [0.4, 0.5) is 0 Å². The minimum Gasteiger partial charge on any atom is -0.550 e. The third-order valence-corrected chi connectivity index (χ3v) is 3.02. The second kappa shape index (κ2) is 13.5. The Morgan fingerprint density at radius 2 is 1.83 bits per heavy atom. The van der Waals surface area contributed by atoms with E-state index in [2.05, 4.69) is 18.2 Å². The zero-order valence-corrected chi connectivity index (χ0v) is 13.6. The minimum absolute atomic E-state index is 0.102. The van der Waals surface area contributed by atoms with Gasteiger partial charge in [0, 0.05) is 18.5 Å². The second-order valence-corrected chi connectivity index (χ2v) is 5.00. The molecule has 0 aromatic rings. The Morgan fingerprint density at radius 1 is 1.13 bits per heavy atom. The van der Waals surface area contributed by atoms with Crippen molar-refractivity contribution in [3.05, 3.63) is 24.8 Å². The smallest absolute Gasteiger partial charge is 0.330 e. The lowest BCUT2D eigenvalue weighted by molar-refractivity contribution is -0.306. The molecule has 0 aliphatic heterocycles. The maximum atomic E-state index is 11.8. The maximum absolute atomic E-state index is 11.8. The van der Waals surface area contributed by atoms with Crippen LogP contribution in [0.1, 0.15) is 45.4 Å². The topological polar surface area (TPSA) is 92.7 Å². The molecule has 6 heteroatoms. The summed E-state index contributed by atoms with van der Waals surface area (Å²) in [6.45, 7) is 5.12. The van der Waals surface area contributed by atoms with Gasteiger partial charge < -0.3 is 19.4 Å². The standard InChI is InChI=1S/C17H26O6/c1-3-5-6-7-8-9-10-14(13-15(18)19)17(21)23-12-11-22-16(20)4-2/h4,9-10,14H,2-3,5-8,11-13H2,1H3,(H,18,19)/p-1. The van der Waals surface area contributed by atoms with Crippen molar-refractivity contribution in [3.63, 3.8) is 0 Å². The monoisotopic (exact) mass is 325 g/mol. The molecule has 0 spiro atoms. The molecular weight excluding hydrogens is 300 g/mol. The lowest BCUT2D eigenvalue weighted by atomic mass is 10.0. The third-order valence-electron chi connectivity index (χ3n) is 3.02. The van der Waals surface area contributed by atoms with Crippen molar-refractivity contribution in [3.8, 4) is 0 Å². The number of carboxylic acids is 1. The number of carbonyl (C=O) groups is 3. The van der Waals surface area contributed by atoms with Gasteiger partial charge in [0.15, 0.2) is 0 Å². The number of carboxylic acid groups (broad SMARTS) is 1. The van der Waals surface area contributed by atoms with Crippen LogP contribution in [0.15, 0.2) is 24.8 Å². The van der Waals surface area contributed by atoms with Crippen LogP contribution in [0.3, 0.4) is 0 Å². The molecule has 0 heterocycles. The van der Waals surface area contributed by atoms with Crippen molar-refractivity contribution in [2.24, 2.45) is 5.92 Å². The number of allylic oxidation sites excluding steroid dienone is 1. The van der Waals surface area contributed by atoms with Gasteiger partial charge >= 0.3 is 11.9 Å². The summed E-state index contributed by atoms with van der Waals surface area (Å²) in [7, 11) is 0. The predicted octanol–water partition coefficient (Wildman–Crippen LogP) is 1.54. The molecule has 130 valence electrons. The van der Waals surface area contributed by atoms with Gasteiger partial charge in [-0.25, -0.2) is 4.79 Å². The Labute approximate surface area is 137 Å². The average Bonchev–Trinajstić information content (AvgIpc) is 2.52. The van der Waals surface area contributed by atoms with Crippen molar-refractivity contribution in [1.82, 2.24) is 0 Å². The molecule has 0 aliphatic rings. The number of hydrogen-bond acceptors (Lipinski definition) is 6. The SMILES string of the molecule is C=CC(=O)OCCOC(=O)C(C=CCCCCCC)CC(=O)[O-]. The van der Waals surface area contributed by atoms with Gasteiger partial charge in [0.25, 0.3) is 0 Å². The first kappa shape index (κ1) is 20.9. The predicted molar refractivity (Wildman–Crippen MR) is 83.1 cm³/mol. The zero-order chi connectivity index (χ0) is 17.5. The average molecular weight is 325 g/mol. The lowest BCUT2D eigenvalue weighted by Gasteiger charge is -2.13. The Kier molecular flexibility index (Phi) is 12.3. The van der Waals surface area contributed by atoms with Crippen molar-refractivity contribution in [2.75, 3.05) is 13.2 Å². The summed E-state index contributed by atoms with van der Waals surface area (Å²) in [4.78, 5) is 33.4. The van der Waals surface area contributed by atoms with Crippen LogP contribution in [-0.2, 0) is 23.9 Å². The van der Waals surface area contributed by atoms with Gasteiger partial charge in [-0.05, 0) is 12.8 Å². The number of esters is 2. The minimum atomic E-state index is -1.32. The molecule has 0 amide bonds. The van der Waals surface area contributed by atoms with Crippen LogP contribution in [0.5, 0.6) is 0 Å². The van der Waals surface area contributed by atoms with E-state index in [9.17, 15) is 19.5 Å². The van der Waals surface area contributed by atoms with Crippen LogP contribution < -0.4 is 5.11 Å². The molecule has 0 saturated carbocycles. The van der Waals surface area contributed by atoms with Crippen molar-refractivity contribution in [2.45, 2.75) is 45.4 Å². The molecule has 1 unspecified atom stereocenters. The molecule has 0 aliphatic carbocycles. The number of aliphatic carboxylic acids is 1. The normalized spacial score (nSPS) is 11.9. The Bertz CT molecular complexity index is 413. The van der Waals surface area contributed by atoms with Gasteiger partial charge in [-0.2, -0.15) is 0 Å². The molecule has 0 fully saturated rings. The number of rotatable bonds is 13. The summed E-state index contributed by atoms with van der Waals surface area (Å²) in [6, 6.07) is 0. The Morgan fingerprint density at radius 3 is 2.43 bits per heavy atom. The fourth-order valence-corrected chi connectivity index (χ4v) is 1.81. The van der Waals surface area contributed by atoms with Crippen LogP contribution in [0.2, 0.25) is 0 Å². The van der Waals surface area contributed by atoms with E-state index in [4.69, 9.17) is 4.74 Å². The van der Waals surface area contributed by atoms with Crippen molar-refractivity contribution < 1.29 is 29.0 Å². The van der Waals surface area contributed by atoms with E-state index >= 15 is 0 Å². The largest absolute Gasteiger partial charge is 0.550 e. The fraction of sp³-hybridized carbons (Fsp3) is 0.588. The van der Waals surface area contributed by atoms with Crippen molar-refractivity contribution in [1.29, 1.82) is 0 Å². The molecule has 0 radical (unpaired) electrons. The molecule has 0 saturated heterocycles. The summed E-state index contributed by atoms with van der Waals surface area (Å²) >= 11 is 0. The quantitative estimate of drug-likeness (QED) is 0.221. The van der Waals surface area contributed by atoms with E-state index in [-0.39, 0.29) is 13.2 Å². The van der Waals surface area contributed by atoms with E-state index in [1.165, 1.54) is 0 Å². The zero-order valence-electron chi connectivity index (χ0n) is 13.6. The fourth-order valence-electron chi connectivity index (χ4n) is 1.81. The number of hydrogen-bond donors (Lipinski definition) is 0. The summed E-state index contributed by atoms with van der Waals surface area (Å²) in [5.41, 5.74) is 0. The van der Waals surface area contributed by atoms with E-state index in [1.54, 1.807) is 12.2 Å². The third kappa shape index (κ3) is 12.1. The van der Waals surface area contributed by atoms with E-state index in [0.717, 1.165) is 38.2 Å². The van der Waals surface area contributed by atoms with Gasteiger partial charge in [0.05, 0.1) is 5.92 Å². The summed E-state index contributed by atoms with van der Waals surface area (Å²) in [5.74, 6) is -3.49. The highest BCUT2D eigenvalue weighted by Gasteiger charge is 2.17. The van der Waals surface area contributed by atoms with Gasteiger partial charge in [-0.1, -0.05) is 44.9 Å². The first-order valence-corrected chi connectivity index (χ1v) is 7.83. The highest BCUT2D eigenvalue weighted by Crippen LogP contribution is 2.10. The van der Waals surface area contributed by atoms with Crippen LogP contribution in [-0.4, -0.2) is 31.1 Å². The molecule has 23 heavy (non-hydrogen) atoms.